The van der Waals surface area contributed by atoms with Crippen LogP contribution in [0.25, 0.3) is 10.8 Å². The van der Waals surface area contributed by atoms with Crippen molar-refractivity contribution < 1.29 is 9.53 Å². The summed E-state index contributed by atoms with van der Waals surface area (Å²) in [4.78, 5) is 24.0. The summed E-state index contributed by atoms with van der Waals surface area (Å²) in [5.41, 5.74) is 0.477. The lowest BCUT2D eigenvalue weighted by Gasteiger charge is -2.11. The van der Waals surface area contributed by atoms with Crippen LogP contribution < -0.4 is 20.9 Å². The van der Waals surface area contributed by atoms with Crippen molar-refractivity contribution in [2.45, 2.75) is 6.54 Å². The number of fused-ring (bicyclic) bond motifs is 1. The van der Waals surface area contributed by atoms with Gasteiger partial charge in [0.05, 0.1) is 24.2 Å². The first-order chi connectivity index (χ1) is 12.6. The molecule has 0 saturated heterocycles. The Bertz CT molecular complexity index is 954. The van der Waals surface area contributed by atoms with E-state index in [0.29, 0.717) is 24.2 Å². The summed E-state index contributed by atoms with van der Waals surface area (Å²) >= 11 is 0. The van der Waals surface area contributed by atoms with E-state index in [4.69, 9.17) is 4.74 Å². The van der Waals surface area contributed by atoms with Crippen molar-refractivity contribution in [2.24, 2.45) is 7.05 Å². The summed E-state index contributed by atoms with van der Waals surface area (Å²) in [6, 6.07) is 16.3. The number of nitrogens with zero attached hydrogens (tertiary/aromatic N) is 2. The monoisotopic (exact) mass is 352 g/mol. The number of aromatic nitrogens is 2. The Balaban J connectivity index is 1.53. The zero-order valence-corrected chi connectivity index (χ0v) is 14.4. The third-order valence-corrected chi connectivity index (χ3v) is 3.85. The zero-order chi connectivity index (χ0) is 18.4. The van der Waals surface area contributed by atoms with Crippen molar-refractivity contribution in [3.05, 3.63) is 70.6 Å². The molecular formula is C19H20N4O3. The van der Waals surface area contributed by atoms with Crippen LogP contribution in [0, 0.1) is 0 Å². The number of carbonyl (C=O) groups excluding carboxylic acids is 1. The fraction of sp³-hybridized carbons (Fsp3) is 0.211. The van der Waals surface area contributed by atoms with Gasteiger partial charge in [-0.3, -0.25) is 4.79 Å². The highest BCUT2D eigenvalue weighted by molar-refractivity contribution is 5.84. The Morgan fingerprint density at radius 3 is 2.50 bits per heavy atom. The van der Waals surface area contributed by atoms with Crippen molar-refractivity contribution in [2.75, 3.05) is 13.2 Å². The van der Waals surface area contributed by atoms with Gasteiger partial charge in [-0.25, -0.2) is 9.48 Å². The molecule has 7 nitrogen and oxygen atoms in total. The highest BCUT2D eigenvalue weighted by Gasteiger charge is 2.09. The molecule has 0 radical (unpaired) electrons. The van der Waals surface area contributed by atoms with Crippen molar-refractivity contribution in [3.63, 3.8) is 0 Å². The molecule has 0 atom stereocenters. The van der Waals surface area contributed by atoms with Crippen LogP contribution in [0.3, 0.4) is 0 Å². The normalized spacial score (nSPS) is 10.5. The van der Waals surface area contributed by atoms with Crippen LogP contribution in [0.5, 0.6) is 5.75 Å². The number of hydrogen-bond donors (Lipinski definition) is 2. The smallest absolute Gasteiger partial charge is 0.315 e. The quantitative estimate of drug-likeness (QED) is 0.663. The molecule has 0 spiro atoms. The van der Waals surface area contributed by atoms with Crippen LogP contribution in [0.4, 0.5) is 4.79 Å². The standard InChI is InChI=1S/C19H20N4O3/c1-23-18(24)16-10-6-5-9-15(16)17(22-23)13-21-19(25)20-11-12-26-14-7-3-2-4-8-14/h2-10H,11-13H2,1H3,(H2,20,21,25). The maximum absolute atomic E-state index is 12.1. The van der Waals surface area contributed by atoms with Crippen LogP contribution >= 0.6 is 0 Å². The largest absolute Gasteiger partial charge is 0.492 e. The first-order valence-electron chi connectivity index (χ1n) is 8.29. The maximum Gasteiger partial charge on any atom is 0.315 e. The summed E-state index contributed by atoms with van der Waals surface area (Å²) in [6.07, 6.45) is 0. The van der Waals surface area contributed by atoms with Gasteiger partial charge in [-0.15, -0.1) is 0 Å². The molecule has 7 heteroatoms. The average molecular weight is 352 g/mol. The summed E-state index contributed by atoms with van der Waals surface area (Å²) in [6.45, 7) is 0.973. The topological polar surface area (TPSA) is 85.2 Å². The SMILES string of the molecule is Cn1nc(CNC(=O)NCCOc2ccccc2)c2ccccc2c1=O. The van der Waals surface area contributed by atoms with Crippen LogP contribution in [0.15, 0.2) is 59.4 Å². The number of hydrogen-bond acceptors (Lipinski definition) is 4. The number of aryl methyl sites for hydroxylation is 1. The number of ether oxygens (including phenoxy) is 1. The van der Waals surface area contributed by atoms with Crippen LogP contribution in [-0.2, 0) is 13.6 Å². The molecule has 134 valence electrons. The minimum absolute atomic E-state index is 0.160. The van der Waals surface area contributed by atoms with E-state index in [1.165, 1.54) is 4.68 Å². The second-order valence-electron chi connectivity index (χ2n) is 5.69. The summed E-state index contributed by atoms with van der Waals surface area (Å²) in [5.74, 6) is 0.760. The second-order valence-corrected chi connectivity index (χ2v) is 5.69. The maximum atomic E-state index is 12.1. The fourth-order valence-corrected chi connectivity index (χ4v) is 2.58. The predicted molar refractivity (Wildman–Crippen MR) is 99.2 cm³/mol. The van der Waals surface area contributed by atoms with Crippen molar-refractivity contribution >= 4 is 16.8 Å². The molecule has 2 N–H and O–H groups in total. The van der Waals surface area contributed by atoms with E-state index in [1.54, 1.807) is 19.2 Å². The predicted octanol–water partition coefficient (Wildman–Crippen LogP) is 1.81. The Morgan fingerprint density at radius 2 is 1.73 bits per heavy atom. The Morgan fingerprint density at radius 1 is 1.04 bits per heavy atom. The minimum atomic E-state index is -0.318. The van der Waals surface area contributed by atoms with E-state index in [-0.39, 0.29) is 18.1 Å². The lowest BCUT2D eigenvalue weighted by molar-refractivity contribution is 0.236. The van der Waals surface area contributed by atoms with Gasteiger partial charge >= 0.3 is 6.03 Å². The van der Waals surface area contributed by atoms with Crippen LogP contribution in [0.1, 0.15) is 5.69 Å². The Kier molecular flexibility index (Phi) is 5.48. The number of urea groups is 1. The average Bonchev–Trinajstić information content (AvgIpc) is 2.68. The molecule has 0 aliphatic carbocycles. The molecule has 1 aromatic heterocycles. The number of nitrogens with one attached hydrogen (secondary N) is 2. The van der Waals surface area contributed by atoms with Gasteiger partial charge in [0.15, 0.2) is 0 Å². The van der Waals surface area contributed by atoms with E-state index >= 15 is 0 Å². The molecule has 0 aliphatic heterocycles. The molecule has 1 heterocycles. The minimum Gasteiger partial charge on any atom is -0.492 e. The van der Waals surface area contributed by atoms with E-state index < -0.39 is 0 Å². The van der Waals surface area contributed by atoms with E-state index in [0.717, 1.165) is 11.1 Å². The van der Waals surface area contributed by atoms with Gasteiger partial charge in [-0.1, -0.05) is 36.4 Å². The van der Waals surface area contributed by atoms with Gasteiger partial charge in [0.25, 0.3) is 5.56 Å². The van der Waals surface area contributed by atoms with Gasteiger partial charge in [0, 0.05) is 12.4 Å². The van der Waals surface area contributed by atoms with Gasteiger partial charge in [-0.05, 0) is 18.2 Å². The number of benzene rings is 2. The highest BCUT2D eigenvalue weighted by atomic mass is 16.5. The molecule has 0 unspecified atom stereocenters. The lowest BCUT2D eigenvalue weighted by Crippen LogP contribution is -2.38. The molecule has 2 amide bonds. The van der Waals surface area contributed by atoms with E-state index in [1.807, 2.05) is 42.5 Å². The first-order valence-corrected chi connectivity index (χ1v) is 8.29. The third-order valence-electron chi connectivity index (χ3n) is 3.85. The highest BCUT2D eigenvalue weighted by Crippen LogP contribution is 2.12. The fourth-order valence-electron chi connectivity index (χ4n) is 2.58. The van der Waals surface area contributed by atoms with Gasteiger partial charge in [0.1, 0.15) is 12.4 Å². The molecule has 3 rings (SSSR count). The first kappa shape index (κ1) is 17.5. The summed E-state index contributed by atoms with van der Waals surface area (Å²) in [7, 11) is 1.60. The molecule has 0 fully saturated rings. The van der Waals surface area contributed by atoms with Gasteiger partial charge in [0.2, 0.25) is 0 Å². The Hall–Kier alpha value is -3.35. The molecule has 0 bridgehead atoms. The van der Waals surface area contributed by atoms with Crippen molar-refractivity contribution in [3.8, 4) is 5.75 Å². The molecule has 0 aliphatic rings. The molecule has 26 heavy (non-hydrogen) atoms. The third kappa shape index (κ3) is 4.18. The molecule has 3 aromatic rings. The van der Waals surface area contributed by atoms with Crippen molar-refractivity contribution in [1.29, 1.82) is 0 Å². The zero-order valence-electron chi connectivity index (χ0n) is 14.4. The van der Waals surface area contributed by atoms with Crippen LogP contribution in [0.2, 0.25) is 0 Å². The number of rotatable bonds is 6. The van der Waals surface area contributed by atoms with E-state index in [9.17, 15) is 9.59 Å². The number of amides is 2. The van der Waals surface area contributed by atoms with E-state index in [2.05, 4.69) is 15.7 Å². The van der Waals surface area contributed by atoms with Crippen molar-refractivity contribution in [1.82, 2.24) is 20.4 Å². The lowest BCUT2D eigenvalue weighted by atomic mass is 10.1. The number of para-hydroxylation sites is 1. The van der Waals surface area contributed by atoms with Crippen LogP contribution in [-0.4, -0.2) is 29.0 Å². The molecular weight excluding hydrogens is 332 g/mol. The second kappa shape index (κ2) is 8.15. The van der Waals surface area contributed by atoms with Gasteiger partial charge < -0.3 is 15.4 Å². The van der Waals surface area contributed by atoms with Gasteiger partial charge in [-0.2, -0.15) is 5.10 Å². The summed E-state index contributed by atoms with van der Waals surface area (Å²) < 4.78 is 6.80. The molecule has 2 aromatic carbocycles. The number of carbonyl (C=O) groups is 1. The summed E-state index contributed by atoms with van der Waals surface area (Å²) in [5, 5.41) is 11.0. The Labute approximate surface area is 150 Å². The molecule has 0 saturated carbocycles.